The summed E-state index contributed by atoms with van der Waals surface area (Å²) >= 11 is 1.57. The lowest BCUT2D eigenvalue weighted by Gasteiger charge is -2.18. The maximum absolute atomic E-state index is 13.6. The van der Waals surface area contributed by atoms with Crippen LogP contribution in [0.5, 0.6) is 5.75 Å². The van der Waals surface area contributed by atoms with E-state index in [1.165, 1.54) is 18.2 Å². The quantitative estimate of drug-likeness (QED) is 0.268. The largest absolute Gasteiger partial charge is 0.508 e. The molecule has 0 saturated heterocycles. The van der Waals surface area contributed by atoms with Crippen LogP contribution in [0.15, 0.2) is 77.7 Å². The minimum atomic E-state index is -1.64. The van der Waals surface area contributed by atoms with Gasteiger partial charge in [0.2, 0.25) is 11.7 Å². The summed E-state index contributed by atoms with van der Waals surface area (Å²) in [4.78, 5) is 27.6. The number of aliphatic hydroxyl groups is 1. The van der Waals surface area contributed by atoms with Gasteiger partial charge in [-0.15, -0.1) is 11.8 Å². The smallest absolute Gasteiger partial charge is 0.249 e. The molecule has 9 heteroatoms. The van der Waals surface area contributed by atoms with Crippen molar-refractivity contribution in [3.8, 4) is 28.8 Å². The highest BCUT2D eigenvalue weighted by Crippen LogP contribution is 2.44. The van der Waals surface area contributed by atoms with Gasteiger partial charge in [-0.3, -0.25) is 9.59 Å². The lowest BCUT2D eigenvalue weighted by Crippen LogP contribution is -2.29. The first kappa shape index (κ1) is 23.4. The first-order chi connectivity index (χ1) is 17.5. The first-order valence-electron chi connectivity index (χ1n) is 11.1. The molecule has 36 heavy (non-hydrogen) atoms. The van der Waals surface area contributed by atoms with Crippen LogP contribution in [0, 0.1) is 17.2 Å². The summed E-state index contributed by atoms with van der Waals surface area (Å²) in [5.74, 6) is -2.91. The highest BCUT2D eigenvalue weighted by atomic mass is 32.2. The van der Waals surface area contributed by atoms with Gasteiger partial charge in [0.05, 0.1) is 24.1 Å². The summed E-state index contributed by atoms with van der Waals surface area (Å²) in [5.41, 5.74) is 3.69. The van der Waals surface area contributed by atoms with Crippen molar-refractivity contribution in [3.05, 3.63) is 89.6 Å². The number of nitrogens with zero attached hydrogens (tertiary/aromatic N) is 3. The number of phenols is 1. The Hall–Kier alpha value is -4.39. The van der Waals surface area contributed by atoms with Crippen LogP contribution in [0.4, 0.5) is 5.69 Å². The topological polar surface area (TPSA) is 128 Å². The molecule has 3 N–H and O–H groups in total. The number of hydrogen-bond acceptors (Lipinski definition) is 7. The Morgan fingerprint density at radius 1 is 1.11 bits per heavy atom. The van der Waals surface area contributed by atoms with Gasteiger partial charge in [-0.1, -0.05) is 42.5 Å². The predicted molar refractivity (Wildman–Crippen MR) is 135 cm³/mol. The maximum Gasteiger partial charge on any atom is 0.249 e. The number of para-hydroxylation sites is 1. The number of ketones is 1. The number of nitriles is 1. The molecule has 1 aliphatic rings. The monoisotopic (exact) mass is 496 g/mol. The average Bonchev–Trinajstić information content (AvgIpc) is 3.30. The van der Waals surface area contributed by atoms with Crippen LogP contribution in [-0.2, 0) is 17.2 Å². The third-order valence-corrected chi connectivity index (χ3v) is 7.01. The molecule has 0 radical (unpaired) electrons. The normalized spacial score (nSPS) is 12.7. The molecule has 1 atom stereocenters. The van der Waals surface area contributed by atoms with Gasteiger partial charge in [0, 0.05) is 39.1 Å². The lowest BCUT2D eigenvalue weighted by atomic mass is 9.97. The molecule has 0 spiro atoms. The van der Waals surface area contributed by atoms with Crippen molar-refractivity contribution >= 4 is 29.1 Å². The number of carbonyl (C=O) groups is 2. The number of anilines is 1. The molecule has 2 heterocycles. The van der Waals surface area contributed by atoms with Gasteiger partial charge in [0.25, 0.3) is 0 Å². The number of Topliss-reactive ketones (excluding diaryl/α,β-unsaturated/α-hetero) is 1. The van der Waals surface area contributed by atoms with Crippen molar-refractivity contribution in [1.82, 2.24) is 9.78 Å². The third-order valence-electron chi connectivity index (χ3n) is 5.91. The Labute approximate surface area is 210 Å². The van der Waals surface area contributed by atoms with Crippen LogP contribution in [0.25, 0.3) is 16.9 Å². The SMILES string of the molecule is N#CC(C(=O)Nc1ccc(CO)c(O)c1)C(=O)c1nn(-c2ccccc2)c2c1CSc1ccccc1-2. The number of aromatic nitrogens is 2. The number of nitrogens with one attached hydrogen (secondary N) is 1. The van der Waals surface area contributed by atoms with E-state index in [0.717, 1.165) is 21.8 Å². The van der Waals surface area contributed by atoms with Gasteiger partial charge in [-0.05, 0) is 24.3 Å². The second-order valence-electron chi connectivity index (χ2n) is 8.13. The number of carbonyl (C=O) groups excluding carboxylic acids is 2. The lowest BCUT2D eigenvalue weighted by molar-refractivity contribution is -0.117. The van der Waals surface area contributed by atoms with Gasteiger partial charge in [-0.25, -0.2) is 4.68 Å². The van der Waals surface area contributed by atoms with Crippen LogP contribution in [-0.4, -0.2) is 31.7 Å². The Morgan fingerprint density at radius 3 is 2.58 bits per heavy atom. The summed E-state index contributed by atoms with van der Waals surface area (Å²) in [5, 5.41) is 36.1. The van der Waals surface area contributed by atoms with Crippen molar-refractivity contribution in [2.24, 2.45) is 5.92 Å². The molecule has 4 aromatic rings. The second-order valence-corrected chi connectivity index (χ2v) is 9.14. The maximum atomic E-state index is 13.6. The molecule has 0 fully saturated rings. The van der Waals surface area contributed by atoms with E-state index in [1.807, 2.05) is 60.7 Å². The van der Waals surface area contributed by atoms with Gasteiger partial charge in [-0.2, -0.15) is 10.4 Å². The van der Waals surface area contributed by atoms with Crippen molar-refractivity contribution in [1.29, 1.82) is 5.26 Å². The first-order valence-corrected chi connectivity index (χ1v) is 12.1. The number of aliphatic hydroxyl groups excluding tert-OH is 1. The Kier molecular flexibility index (Phi) is 6.29. The minimum absolute atomic E-state index is 0.0797. The van der Waals surface area contributed by atoms with Gasteiger partial charge in [0.1, 0.15) is 11.4 Å². The molecule has 0 aliphatic carbocycles. The summed E-state index contributed by atoms with van der Waals surface area (Å²) in [6, 6.07) is 23.2. The molecule has 0 bridgehead atoms. The number of amides is 1. The predicted octanol–water partition coefficient (Wildman–Crippen LogP) is 4.30. The standard InChI is InChI=1S/C27H20N4O4S/c28-13-20(27(35)29-17-11-10-16(14-32)22(33)12-17)26(34)24-21-15-36-23-9-5-4-8-19(23)25(21)31(30-24)18-6-2-1-3-7-18/h1-12,20,32-33H,14-15H2,(H,29,35). The van der Waals surface area contributed by atoms with E-state index in [1.54, 1.807) is 16.4 Å². The highest BCUT2D eigenvalue weighted by Gasteiger charge is 2.35. The van der Waals surface area contributed by atoms with E-state index < -0.39 is 17.6 Å². The Bertz CT molecular complexity index is 1520. The zero-order chi connectivity index (χ0) is 25.2. The molecular formula is C27H20N4O4S. The molecule has 5 rings (SSSR count). The molecule has 0 saturated carbocycles. The summed E-state index contributed by atoms with van der Waals surface area (Å²) in [7, 11) is 0. The Balaban J connectivity index is 1.54. The fourth-order valence-electron chi connectivity index (χ4n) is 4.12. The fraction of sp³-hybridized carbons (Fsp3) is 0.111. The van der Waals surface area contributed by atoms with Crippen molar-refractivity contribution in [2.45, 2.75) is 17.3 Å². The van der Waals surface area contributed by atoms with Gasteiger partial charge < -0.3 is 15.5 Å². The molecule has 8 nitrogen and oxygen atoms in total. The minimum Gasteiger partial charge on any atom is -0.508 e. The van der Waals surface area contributed by atoms with Crippen LogP contribution in [0.2, 0.25) is 0 Å². The van der Waals surface area contributed by atoms with Gasteiger partial charge >= 0.3 is 0 Å². The zero-order valence-corrected chi connectivity index (χ0v) is 19.7. The van der Waals surface area contributed by atoms with Crippen LogP contribution >= 0.6 is 11.8 Å². The molecule has 1 unspecified atom stereocenters. The molecule has 1 aliphatic heterocycles. The average molecular weight is 497 g/mol. The number of benzene rings is 3. The number of aromatic hydroxyl groups is 1. The van der Waals surface area contributed by atoms with E-state index in [4.69, 9.17) is 0 Å². The molecule has 3 aromatic carbocycles. The van der Waals surface area contributed by atoms with Crippen molar-refractivity contribution in [3.63, 3.8) is 0 Å². The highest BCUT2D eigenvalue weighted by molar-refractivity contribution is 7.98. The zero-order valence-electron chi connectivity index (χ0n) is 18.9. The van der Waals surface area contributed by atoms with Crippen molar-refractivity contribution < 1.29 is 19.8 Å². The second kappa shape index (κ2) is 9.70. The Morgan fingerprint density at radius 2 is 1.86 bits per heavy atom. The fourth-order valence-corrected chi connectivity index (χ4v) is 5.19. The number of fused-ring (bicyclic) bond motifs is 3. The van der Waals surface area contributed by atoms with E-state index in [9.17, 15) is 25.1 Å². The van der Waals surface area contributed by atoms with Crippen LogP contribution in [0.3, 0.4) is 0 Å². The molecule has 1 amide bonds. The molecule has 178 valence electrons. The van der Waals surface area contributed by atoms with E-state index in [-0.39, 0.29) is 29.3 Å². The number of rotatable bonds is 6. The van der Waals surface area contributed by atoms with E-state index in [0.29, 0.717) is 11.3 Å². The summed E-state index contributed by atoms with van der Waals surface area (Å²) < 4.78 is 1.69. The van der Waals surface area contributed by atoms with Gasteiger partial charge in [0.15, 0.2) is 5.92 Å². The molecular weight excluding hydrogens is 476 g/mol. The number of hydrogen-bond donors (Lipinski definition) is 3. The number of thioether (sulfide) groups is 1. The summed E-state index contributed by atoms with van der Waals surface area (Å²) in [6.45, 7) is -0.365. The van der Waals surface area contributed by atoms with E-state index in [2.05, 4.69) is 10.4 Å². The summed E-state index contributed by atoms with van der Waals surface area (Å²) in [6.07, 6.45) is 0. The van der Waals surface area contributed by atoms with E-state index >= 15 is 0 Å². The third kappa shape index (κ3) is 4.13. The van der Waals surface area contributed by atoms with Crippen LogP contribution in [0.1, 0.15) is 21.6 Å². The van der Waals surface area contributed by atoms with Crippen LogP contribution < -0.4 is 5.32 Å². The van der Waals surface area contributed by atoms with Crippen molar-refractivity contribution in [2.75, 3.05) is 5.32 Å². The molecule has 1 aromatic heterocycles.